The summed E-state index contributed by atoms with van der Waals surface area (Å²) in [5, 5.41) is 13.4. The minimum atomic E-state index is -3.51. The summed E-state index contributed by atoms with van der Waals surface area (Å²) in [5.74, 6) is 0.378. The molecule has 1 aromatic rings. The Labute approximate surface area is 145 Å². The maximum absolute atomic E-state index is 13.0. The van der Waals surface area contributed by atoms with Gasteiger partial charge in [-0.1, -0.05) is 26.0 Å². The van der Waals surface area contributed by atoms with Crippen molar-refractivity contribution in [2.45, 2.75) is 50.0 Å². The minimum absolute atomic E-state index is 0.0307. The lowest BCUT2D eigenvalue weighted by Crippen LogP contribution is -2.62. The highest BCUT2D eigenvalue weighted by atomic mass is 32.2. The second-order valence-corrected chi connectivity index (χ2v) is 9.42. The van der Waals surface area contributed by atoms with Crippen LogP contribution in [0, 0.1) is 5.41 Å². The van der Waals surface area contributed by atoms with E-state index in [-0.39, 0.29) is 18.1 Å². The summed E-state index contributed by atoms with van der Waals surface area (Å²) in [5.41, 5.74) is 0.789. The molecule has 0 saturated carbocycles. The van der Waals surface area contributed by atoms with E-state index >= 15 is 0 Å². The van der Waals surface area contributed by atoms with Gasteiger partial charge in [-0.2, -0.15) is 4.31 Å². The van der Waals surface area contributed by atoms with E-state index in [0.29, 0.717) is 23.9 Å². The zero-order valence-electron chi connectivity index (χ0n) is 14.5. The van der Waals surface area contributed by atoms with Crippen molar-refractivity contribution in [2.24, 2.45) is 5.41 Å². The lowest BCUT2D eigenvalue weighted by molar-refractivity contribution is 0.00548. The summed E-state index contributed by atoms with van der Waals surface area (Å²) in [6, 6.07) is 7.43. The van der Waals surface area contributed by atoms with Crippen LogP contribution in [0.5, 0.6) is 0 Å². The van der Waals surface area contributed by atoms with Crippen LogP contribution < -0.4 is 5.32 Å². The minimum Gasteiger partial charge on any atom is -0.396 e. The van der Waals surface area contributed by atoms with Crippen molar-refractivity contribution in [2.75, 3.05) is 26.2 Å². The topological polar surface area (TPSA) is 69.6 Å². The average Bonchev–Trinajstić information content (AvgIpc) is 2.61. The van der Waals surface area contributed by atoms with E-state index in [1.165, 1.54) is 0 Å². The fourth-order valence-corrected chi connectivity index (χ4v) is 5.58. The summed E-state index contributed by atoms with van der Waals surface area (Å²) < 4.78 is 27.6. The predicted molar refractivity (Wildman–Crippen MR) is 94.5 cm³/mol. The monoisotopic (exact) mass is 352 g/mol. The van der Waals surface area contributed by atoms with Crippen molar-refractivity contribution in [3.63, 3.8) is 0 Å². The summed E-state index contributed by atoms with van der Waals surface area (Å²) in [6.45, 7) is 6.08. The highest BCUT2D eigenvalue weighted by Gasteiger charge is 2.47. The molecule has 0 unspecified atom stereocenters. The molecular formula is C18H28N2O3S. The van der Waals surface area contributed by atoms with Gasteiger partial charge in [-0.3, -0.25) is 0 Å². The average molecular weight is 353 g/mol. The van der Waals surface area contributed by atoms with Crippen LogP contribution in [-0.2, 0) is 10.0 Å². The van der Waals surface area contributed by atoms with Gasteiger partial charge in [0.15, 0.2) is 0 Å². The molecule has 2 saturated heterocycles. The van der Waals surface area contributed by atoms with Crippen LogP contribution in [-0.4, -0.2) is 50.1 Å². The third-order valence-electron chi connectivity index (χ3n) is 5.64. The molecule has 5 nitrogen and oxygen atoms in total. The van der Waals surface area contributed by atoms with Crippen LogP contribution in [0.1, 0.15) is 44.6 Å². The van der Waals surface area contributed by atoms with Gasteiger partial charge in [0.2, 0.25) is 10.0 Å². The number of fused-ring (bicyclic) bond motifs is 1. The first kappa shape index (κ1) is 17.9. The molecule has 0 aliphatic carbocycles. The van der Waals surface area contributed by atoms with Gasteiger partial charge in [-0.05, 0) is 49.4 Å². The third-order valence-corrected chi connectivity index (χ3v) is 7.50. The number of piperidine rings is 2. The first-order valence-corrected chi connectivity index (χ1v) is 10.3. The summed E-state index contributed by atoms with van der Waals surface area (Å²) >= 11 is 0. The summed E-state index contributed by atoms with van der Waals surface area (Å²) in [6.07, 6.45) is 2.61. The van der Waals surface area contributed by atoms with Crippen molar-refractivity contribution in [1.29, 1.82) is 0 Å². The van der Waals surface area contributed by atoms with Crippen LogP contribution in [0.4, 0.5) is 0 Å². The van der Waals surface area contributed by atoms with Gasteiger partial charge < -0.3 is 10.4 Å². The number of aliphatic hydroxyl groups excluding tert-OH is 1. The van der Waals surface area contributed by atoms with Gasteiger partial charge in [0.25, 0.3) is 0 Å². The van der Waals surface area contributed by atoms with Gasteiger partial charge in [0, 0.05) is 24.5 Å². The number of nitrogens with zero attached hydrogens (tertiary/aromatic N) is 1. The Morgan fingerprint density at radius 2 is 2.04 bits per heavy atom. The van der Waals surface area contributed by atoms with Crippen molar-refractivity contribution >= 4 is 10.0 Å². The number of hydrogen-bond acceptors (Lipinski definition) is 4. The Hall–Kier alpha value is -0.950. The molecular weight excluding hydrogens is 324 g/mol. The molecule has 3 rings (SSSR count). The molecule has 0 aromatic heterocycles. The van der Waals surface area contributed by atoms with Gasteiger partial charge in [0.05, 0.1) is 11.5 Å². The SMILES string of the molecule is CC(C)c1ccc(S(=O)(=O)N2CC[C@@H]3NCCC[C@@]3(CO)C2)cc1. The van der Waals surface area contributed by atoms with E-state index in [1.807, 2.05) is 12.1 Å². The van der Waals surface area contributed by atoms with Crippen molar-refractivity contribution < 1.29 is 13.5 Å². The first-order chi connectivity index (χ1) is 11.4. The Bertz CT molecular complexity index is 672. The second-order valence-electron chi connectivity index (χ2n) is 7.48. The van der Waals surface area contributed by atoms with Gasteiger partial charge >= 0.3 is 0 Å². The molecule has 2 aliphatic rings. The van der Waals surface area contributed by atoms with Crippen LogP contribution >= 0.6 is 0 Å². The second kappa shape index (κ2) is 6.75. The Morgan fingerprint density at radius 3 is 2.67 bits per heavy atom. The molecule has 0 amide bonds. The molecule has 24 heavy (non-hydrogen) atoms. The molecule has 2 heterocycles. The number of rotatable bonds is 4. The predicted octanol–water partition coefficient (Wildman–Crippen LogP) is 1.94. The highest BCUT2D eigenvalue weighted by Crippen LogP contribution is 2.38. The Balaban J connectivity index is 1.84. The van der Waals surface area contributed by atoms with Crippen LogP contribution in [0.2, 0.25) is 0 Å². The Morgan fingerprint density at radius 1 is 1.33 bits per heavy atom. The number of benzene rings is 1. The number of sulfonamides is 1. The number of hydrogen-bond donors (Lipinski definition) is 2. The third kappa shape index (κ3) is 3.12. The van der Waals surface area contributed by atoms with Crippen LogP contribution in [0.25, 0.3) is 0 Å². The van der Waals surface area contributed by atoms with Gasteiger partial charge in [0.1, 0.15) is 0 Å². The normalized spacial score (nSPS) is 28.8. The van der Waals surface area contributed by atoms with E-state index in [0.717, 1.165) is 31.4 Å². The van der Waals surface area contributed by atoms with E-state index in [9.17, 15) is 13.5 Å². The molecule has 2 atom stereocenters. The van der Waals surface area contributed by atoms with Gasteiger partial charge in [-0.15, -0.1) is 0 Å². The maximum atomic E-state index is 13.0. The van der Waals surface area contributed by atoms with E-state index in [4.69, 9.17) is 0 Å². The summed E-state index contributed by atoms with van der Waals surface area (Å²) in [7, 11) is -3.51. The molecule has 0 radical (unpaired) electrons. The first-order valence-electron chi connectivity index (χ1n) is 8.83. The van der Waals surface area contributed by atoms with Crippen LogP contribution in [0.3, 0.4) is 0 Å². The smallest absolute Gasteiger partial charge is 0.243 e. The molecule has 2 N–H and O–H groups in total. The van der Waals surface area contributed by atoms with Gasteiger partial charge in [-0.25, -0.2) is 8.42 Å². The van der Waals surface area contributed by atoms with Crippen LogP contribution in [0.15, 0.2) is 29.2 Å². The number of aliphatic hydroxyl groups is 1. The quantitative estimate of drug-likeness (QED) is 0.869. The standard InChI is InChI=1S/C18H28N2O3S/c1-14(2)15-4-6-16(7-5-15)24(22,23)20-11-8-17-18(12-20,13-21)9-3-10-19-17/h4-7,14,17,19,21H,3,8-13H2,1-2H3/t17-,18-/m0/s1. The summed E-state index contributed by atoms with van der Waals surface area (Å²) in [4.78, 5) is 0.349. The fourth-order valence-electron chi connectivity index (χ4n) is 4.03. The maximum Gasteiger partial charge on any atom is 0.243 e. The Kier molecular flexibility index (Phi) is 5.02. The highest BCUT2D eigenvalue weighted by molar-refractivity contribution is 7.89. The van der Waals surface area contributed by atoms with Crippen molar-refractivity contribution in [3.05, 3.63) is 29.8 Å². The van der Waals surface area contributed by atoms with Crippen molar-refractivity contribution in [3.8, 4) is 0 Å². The lowest BCUT2D eigenvalue weighted by Gasteiger charge is -2.49. The van der Waals surface area contributed by atoms with E-state index < -0.39 is 10.0 Å². The largest absolute Gasteiger partial charge is 0.396 e. The fraction of sp³-hybridized carbons (Fsp3) is 0.667. The van der Waals surface area contributed by atoms with E-state index in [1.54, 1.807) is 16.4 Å². The number of nitrogens with one attached hydrogen (secondary N) is 1. The molecule has 0 bridgehead atoms. The molecule has 1 aromatic carbocycles. The lowest BCUT2D eigenvalue weighted by atomic mass is 9.71. The molecule has 2 aliphatic heterocycles. The zero-order valence-corrected chi connectivity index (χ0v) is 15.3. The molecule has 134 valence electrons. The molecule has 0 spiro atoms. The molecule has 6 heteroatoms. The molecule has 2 fully saturated rings. The zero-order chi connectivity index (χ0) is 17.4. The van der Waals surface area contributed by atoms with Crippen molar-refractivity contribution in [1.82, 2.24) is 9.62 Å². The van der Waals surface area contributed by atoms with E-state index in [2.05, 4.69) is 19.2 Å².